The van der Waals surface area contributed by atoms with Gasteiger partial charge in [0.15, 0.2) is 0 Å². The van der Waals surface area contributed by atoms with Crippen LogP contribution in [0.25, 0.3) is 0 Å². The van der Waals surface area contributed by atoms with Crippen LogP contribution in [-0.2, 0) is 10.8 Å². The molecule has 0 saturated carbocycles. The molecule has 0 bridgehead atoms. The fourth-order valence-corrected chi connectivity index (χ4v) is 3.04. The zero-order valence-corrected chi connectivity index (χ0v) is 11.0. The lowest BCUT2D eigenvalue weighted by Crippen LogP contribution is -2.41. The topological polar surface area (TPSA) is 32.3 Å². The molecule has 0 aliphatic carbocycles. The van der Waals surface area contributed by atoms with E-state index in [1.807, 2.05) is 0 Å². The third-order valence-corrected chi connectivity index (χ3v) is 3.93. The van der Waals surface area contributed by atoms with Crippen molar-refractivity contribution in [2.75, 3.05) is 38.7 Å². The highest BCUT2D eigenvalue weighted by Gasteiger charge is 2.17. The summed E-state index contributed by atoms with van der Waals surface area (Å²) in [7, 11) is 1.51. The van der Waals surface area contributed by atoms with Gasteiger partial charge in [-0.3, -0.25) is 4.21 Å². The normalized spacial score (nSPS) is 27.5. The molecule has 1 saturated heterocycles. The van der Waals surface area contributed by atoms with E-state index in [1.54, 1.807) is 6.26 Å². The fraction of sp³-hybridized carbons (Fsp3) is 1.00. The number of piperidine rings is 1. The Morgan fingerprint density at radius 3 is 2.93 bits per heavy atom. The summed E-state index contributed by atoms with van der Waals surface area (Å²) in [4.78, 5) is 2.40. The predicted octanol–water partition coefficient (Wildman–Crippen LogP) is 0.685. The van der Waals surface area contributed by atoms with Gasteiger partial charge in [0.2, 0.25) is 0 Å². The Labute approximate surface area is 96.1 Å². The molecule has 0 radical (unpaired) electrons. The van der Waals surface area contributed by atoms with Gasteiger partial charge in [0.1, 0.15) is 0 Å². The molecule has 1 fully saturated rings. The molecule has 0 aromatic carbocycles. The zero-order valence-electron chi connectivity index (χ0n) is 10.2. The van der Waals surface area contributed by atoms with Gasteiger partial charge in [0.25, 0.3) is 0 Å². The maximum Gasteiger partial charge on any atom is 0.0383 e. The predicted molar refractivity (Wildman–Crippen MR) is 66.6 cm³/mol. The van der Waals surface area contributed by atoms with Crippen LogP contribution in [0.15, 0.2) is 0 Å². The van der Waals surface area contributed by atoms with Gasteiger partial charge in [-0.2, -0.15) is 0 Å². The van der Waals surface area contributed by atoms with Crippen LogP contribution < -0.4 is 5.32 Å². The van der Waals surface area contributed by atoms with Crippen LogP contribution >= 0.6 is 0 Å². The number of hydrogen-bond donors (Lipinski definition) is 1. The van der Waals surface area contributed by atoms with E-state index >= 15 is 0 Å². The monoisotopic (exact) mass is 232 g/mol. The van der Waals surface area contributed by atoms with E-state index in [4.69, 9.17) is 0 Å². The van der Waals surface area contributed by atoms with Gasteiger partial charge in [-0.05, 0) is 45.8 Å². The van der Waals surface area contributed by atoms with Gasteiger partial charge in [0.05, 0.1) is 0 Å². The smallest absolute Gasteiger partial charge is 0.0383 e. The first-order valence-electron chi connectivity index (χ1n) is 5.80. The second-order valence-corrected chi connectivity index (χ2v) is 6.30. The second kappa shape index (κ2) is 6.61. The molecule has 0 amide bonds. The Morgan fingerprint density at radius 1 is 1.60 bits per heavy atom. The summed E-state index contributed by atoms with van der Waals surface area (Å²) in [5.74, 6) is 1.54. The van der Waals surface area contributed by atoms with Gasteiger partial charge >= 0.3 is 0 Å². The highest BCUT2D eigenvalue weighted by molar-refractivity contribution is 7.84. The number of nitrogens with one attached hydrogen (secondary N) is 1. The minimum atomic E-state index is -0.682. The molecule has 0 aromatic rings. The SMILES string of the molecule is CC(CS(C)=O)NCC1CCCN(C)C1. The highest BCUT2D eigenvalue weighted by Crippen LogP contribution is 2.13. The summed E-state index contributed by atoms with van der Waals surface area (Å²) >= 11 is 0. The molecular weight excluding hydrogens is 208 g/mol. The van der Waals surface area contributed by atoms with E-state index in [0.29, 0.717) is 6.04 Å². The molecule has 1 aliphatic rings. The Balaban J connectivity index is 2.15. The van der Waals surface area contributed by atoms with Crippen molar-refractivity contribution in [2.45, 2.75) is 25.8 Å². The van der Waals surface area contributed by atoms with Crippen LogP contribution in [0, 0.1) is 5.92 Å². The van der Waals surface area contributed by atoms with E-state index in [-0.39, 0.29) is 0 Å². The average molecular weight is 232 g/mol. The third-order valence-electron chi connectivity index (χ3n) is 2.96. The third kappa shape index (κ3) is 5.64. The first kappa shape index (κ1) is 13.1. The van der Waals surface area contributed by atoms with Crippen molar-refractivity contribution in [1.29, 1.82) is 0 Å². The van der Waals surface area contributed by atoms with Crippen LogP contribution in [0.2, 0.25) is 0 Å². The molecule has 90 valence electrons. The van der Waals surface area contributed by atoms with Crippen LogP contribution in [0.4, 0.5) is 0 Å². The molecule has 1 rings (SSSR count). The van der Waals surface area contributed by atoms with Gasteiger partial charge in [-0.1, -0.05) is 0 Å². The molecule has 1 aliphatic heterocycles. The zero-order chi connectivity index (χ0) is 11.3. The van der Waals surface area contributed by atoms with Gasteiger partial charge in [-0.15, -0.1) is 0 Å². The molecule has 3 nitrogen and oxygen atoms in total. The highest BCUT2D eigenvalue weighted by atomic mass is 32.2. The van der Waals surface area contributed by atoms with E-state index in [2.05, 4.69) is 24.2 Å². The molecular formula is C11H24N2OS. The van der Waals surface area contributed by atoms with Gasteiger partial charge in [-0.25, -0.2) is 0 Å². The molecule has 1 N–H and O–H groups in total. The quantitative estimate of drug-likeness (QED) is 0.757. The van der Waals surface area contributed by atoms with Crippen LogP contribution in [0.5, 0.6) is 0 Å². The lowest BCUT2D eigenvalue weighted by molar-refractivity contribution is 0.204. The van der Waals surface area contributed by atoms with Crippen LogP contribution in [0.3, 0.4) is 0 Å². The maximum atomic E-state index is 11.0. The molecule has 0 aromatic heterocycles. The fourth-order valence-electron chi connectivity index (χ4n) is 2.22. The molecule has 3 unspecified atom stereocenters. The molecule has 15 heavy (non-hydrogen) atoms. The summed E-state index contributed by atoms with van der Waals surface area (Å²) in [5, 5.41) is 3.48. The largest absolute Gasteiger partial charge is 0.313 e. The van der Waals surface area contributed by atoms with Crippen molar-refractivity contribution < 1.29 is 4.21 Å². The Kier molecular flexibility index (Phi) is 5.79. The van der Waals surface area contributed by atoms with Crippen molar-refractivity contribution in [2.24, 2.45) is 5.92 Å². The van der Waals surface area contributed by atoms with Gasteiger partial charge in [0, 0.05) is 35.4 Å². The molecule has 1 heterocycles. The van der Waals surface area contributed by atoms with Crippen LogP contribution in [-0.4, -0.2) is 53.8 Å². The summed E-state index contributed by atoms with van der Waals surface area (Å²) in [6.45, 7) is 5.64. The first-order chi connectivity index (χ1) is 7.08. The van der Waals surface area contributed by atoms with E-state index in [0.717, 1.165) is 18.2 Å². The van der Waals surface area contributed by atoms with Crippen molar-refractivity contribution >= 4 is 10.8 Å². The number of hydrogen-bond acceptors (Lipinski definition) is 3. The molecule has 0 spiro atoms. The van der Waals surface area contributed by atoms with Crippen molar-refractivity contribution in [3.05, 3.63) is 0 Å². The number of nitrogens with zero attached hydrogens (tertiary/aromatic N) is 1. The molecule has 4 heteroatoms. The minimum Gasteiger partial charge on any atom is -0.313 e. The van der Waals surface area contributed by atoms with E-state index in [1.165, 1.54) is 25.9 Å². The Bertz CT molecular complexity index is 211. The Hall–Kier alpha value is 0.0700. The van der Waals surface area contributed by atoms with Crippen molar-refractivity contribution in [1.82, 2.24) is 10.2 Å². The van der Waals surface area contributed by atoms with Crippen molar-refractivity contribution in [3.63, 3.8) is 0 Å². The standard InChI is InChI=1S/C11H24N2OS/c1-10(9-15(3)14)12-7-11-5-4-6-13(2)8-11/h10-12H,4-9H2,1-3H3. The number of rotatable bonds is 5. The lowest BCUT2D eigenvalue weighted by atomic mass is 9.98. The maximum absolute atomic E-state index is 11.0. The summed E-state index contributed by atoms with van der Waals surface area (Å²) in [6.07, 6.45) is 4.42. The minimum absolute atomic E-state index is 0.378. The molecule has 3 atom stereocenters. The summed E-state index contributed by atoms with van der Waals surface area (Å²) in [5.41, 5.74) is 0. The second-order valence-electron chi connectivity index (χ2n) is 4.82. The number of likely N-dealkylation sites (tertiary alicyclic amines) is 1. The lowest BCUT2D eigenvalue weighted by Gasteiger charge is -2.30. The van der Waals surface area contributed by atoms with Crippen LogP contribution in [0.1, 0.15) is 19.8 Å². The van der Waals surface area contributed by atoms with Gasteiger partial charge < -0.3 is 10.2 Å². The first-order valence-corrected chi connectivity index (χ1v) is 7.52. The Morgan fingerprint density at radius 2 is 2.33 bits per heavy atom. The van der Waals surface area contributed by atoms with Crippen molar-refractivity contribution in [3.8, 4) is 0 Å². The summed E-state index contributed by atoms with van der Waals surface area (Å²) in [6, 6.07) is 0.378. The summed E-state index contributed by atoms with van der Waals surface area (Å²) < 4.78 is 11.0. The van der Waals surface area contributed by atoms with E-state index in [9.17, 15) is 4.21 Å². The van der Waals surface area contributed by atoms with E-state index < -0.39 is 10.8 Å². The average Bonchev–Trinajstić information content (AvgIpc) is 2.14.